The molecular formula is C24H20F3N5O3. The van der Waals surface area contributed by atoms with Gasteiger partial charge < -0.3 is 19.4 Å². The highest BCUT2D eigenvalue weighted by Crippen LogP contribution is 2.38. The van der Waals surface area contributed by atoms with Crippen molar-refractivity contribution in [2.45, 2.75) is 19.6 Å². The summed E-state index contributed by atoms with van der Waals surface area (Å²) < 4.78 is 49.6. The normalized spacial score (nSPS) is 12.1. The summed E-state index contributed by atoms with van der Waals surface area (Å²) in [4.78, 5) is 21.2. The Morgan fingerprint density at radius 1 is 1.09 bits per heavy atom. The van der Waals surface area contributed by atoms with E-state index in [2.05, 4.69) is 15.1 Å². The van der Waals surface area contributed by atoms with Gasteiger partial charge in [-0.3, -0.25) is 4.79 Å². The van der Waals surface area contributed by atoms with Gasteiger partial charge in [-0.05, 0) is 24.6 Å². The third-order valence-corrected chi connectivity index (χ3v) is 5.81. The van der Waals surface area contributed by atoms with E-state index < -0.39 is 17.4 Å². The first-order valence-electron chi connectivity index (χ1n) is 10.7. The van der Waals surface area contributed by atoms with E-state index >= 15 is 0 Å². The number of aliphatic hydroxyl groups excluding tert-OH is 1. The van der Waals surface area contributed by atoms with Crippen molar-refractivity contribution < 1.29 is 23.0 Å². The fourth-order valence-electron chi connectivity index (χ4n) is 4.33. The number of benzene rings is 2. The van der Waals surface area contributed by atoms with Gasteiger partial charge in [-0.15, -0.1) is 0 Å². The summed E-state index contributed by atoms with van der Waals surface area (Å²) in [5.74, 6) is 0.643. The number of halogens is 3. The Bertz CT molecular complexity index is 1620. The smallest absolute Gasteiger partial charge is 0.435 e. The number of para-hydroxylation sites is 1. The molecule has 0 aliphatic rings. The summed E-state index contributed by atoms with van der Waals surface area (Å²) in [7, 11) is 1.48. The second-order valence-electron chi connectivity index (χ2n) is 7.92. The zero-order chi connectivity index (χ0) is 24.9. The average Bonchev–Trinajstić information content (AvgIpc) is 3.39. The summed E-state index contributed by atoms with van der Waals surface area (Å²) in [5.41, 5.74) is -0.534. The molecule has 5 aromatic rings. The Hall–Kier alpha value is -4.12. The summed E-state index contributed by atoms with van der Waals surface area (Å²) >= 11 is 0. The van der Waals surface area contributed by atoms with Gasteiger partial charge in [-0.2, -0.15) is 22.8 Å². The van der Waals surface area contributed by atoms with Crippen molar-refractivity contribution in [2.24, 2.45) is 0 Å². The van der Waals surface area contributed by atoms with Gasteiger partial charge in [-0.25, -0.2) is 4.98 Å². The van der Waals surface area contributed by atoms with Crippen molar-refractivity contribution in [3.8, 4) is 28.3 Å². The quantitative estimate of drug-likeness (QED) is 0.393. The molecule has 0 unspecified atom stereocenters. The lowest BCUT2D eigenvalue weighted by Crippen LogP contribution is -2.21. The molecule has 2 N–H and O–H groups in total. The minimum atomic E-state index is -4.79. The molecule has 0 bridgehead atoms. The van der Waals surface area contributed by atoms with Crippen molar-refractivity contribution in [2.75, 3.05) is 13.7 Å². The number of ether oxygens (including phenoxy) is 1. The van der Waals surface area contributed by atoms with Crippen LogP contribution in [0.15, 0.2) is 53.3 Å². The predicted molar refractivity (Wildman–Crippen MR) is 123 cm³/mol. The molecule has 0 fully saturated rings. The number of H-pyrrole nitrogens is 1. The van der Waals surface area contributed by atoms with E-state index in [0.717, 1.165) is 4.52 Å². The molecule has 0 saturated heterocycles. The fraction of sp³-hybridized carbons (Fsp3) is 0.208. The van der Waals surface area contributed by atoms with Gasteiger partial charge >= 0.3 is 6.18 Å². The van der Waals surface area contributed by atoms with Crippen LogP contribution in [0.3, 0.4) is 0 Å². The number of nitrogens with one attached hydrogen (secondary N) is 1. The van der Waals surface area contributed by atoms with Crippen molar-refractivity contribution in [3.05, 3.63) is 70.3 Å². The van der Waals surface area contributed by atoms with Crippen LogP contribution in [0, 0.1) is 6.92 Å². The lowest BCUT2D eigenvalue weighted by atomic mass is 10.1. The number of nitrogens with zero attached hydrogens (tertiary/aromatic N) is 4. The van der Waals surface area contributed by atoms with Crippen LogP contribution >= 0.6 is 0 Å². The number of aromatic amines is 1. The molecule has 0 atom stereocenters. The maximum Gasteiger partial charge on any atom is 0.435 e. The number of hydrogen-bond acceptors (Lipinski definition) is 5. The standard InChI is InChI=1S/C24H20F3N5O3/c1-13-17(21-29-19-15(31(21)11-12-33)9-6-10-16(19)35-2)23(34)32-22(28-13)18(14-7-4-3-5-8-14)20(30-32)24(25,26)27/h3-10,28,33H,11-12H2,1-2H3. The minimum absolute atomic E-state index is 0.0417. The number of fused-ring (bicyclic) bond motifs is 2. The number of alkyl halides is 3. The topological polar surface area (TPSA) is 97.4 Å². The molecule has 0 aliphatic heterocycles. The third-order valence-electron chi connectivity index (χ3n) is 5.81. The van der Waals surface area contributed by atoms with Crippen molar-refractivity contribution in [1.82, 2.24) is 24.1 Å². The summed E-state index contributed by atoms with van der Waals surface area (Å²) in [6.07, 6.45) is -4.79. The van der Waals surface area contributed by atoms with Crippen LogP contribution in [0.4, 0.5) is 13.2 Å². The number of aliphatic hydroxyl groups is 1. The maximum absolute atomic E-state index is 14.0. The Labute approximate surface area is 196 Å². The number of methoxy groups -OCH3 is 1. The lowest BCUT2D eigenvalue weighted by Gasteiger charge is -2.10. The Morgan fingerprint density at radius 2 is 1.83 bits per heavy atom. The molecule has 0 radical (unpaired) electrons. The zero-order valence-corrected chi connectivity index (χ0v) is 18.7. The van der Waals surface area contributed by atoms with E-state index in [1.807, 2.05) is 0 Å². The molecule has 8 nitrogen and oxygen atoms in total. The third kappa shape index (κ3) is 3.55. The van der Waals surface area contributed by atoms with Crippen molar-refractivity contribution in [1.29, 1.82) is 0 Å². The Morgan fingerprint density at radius 3 is 2.49 bits per heavy atom. The van der Waals surface area contributed by atoms with E-state index in [9.17, 15) is 23.1 Å². The lowest BCUT2D eigenvalue weighted by molar-refractivity contribution is -0.140. The van der Waals surface area contributed by atoms with Crippen LogP contribution in [-0.4, -0.2) is 43.0 Å². The molecule has 35 heavy (non-hydrogen) atoms. The molecule has 0 saturated carbocycles. The number of rotatable bonds is 5. The molecule has 0 aliphatic carbocycles. The SMILES string of the molecule is COc1cccc2c1nc(-c1c(C)[nH]c3c(-c4ccccc4)c(C(F)(F)F)nn3c1=O)n2CCO. The molecule has 2 aromatic carbocycles. The molecule has 5 rings (SSSR count). The highest BCUT2D eigenvalue weighted by molar-refractivity contribution is 5.87. The maximum atomic E-state index is 14.0. The van der Waals surface area contributed by atoms with Crippen LogP contribution in [0.25, 0.3) is 39.2 Å². The first-order valence-corrected chi connectivity index (χ1v) is 10.7. The molecule has 0 amide bonds. The second kappa shape index (κ2) is 8.27. The minimum Gasteiger partial charge on any atom is -0.494 e. The Kier molecular flexibility index (Phi) is 5.36. The van der Waals surface area contributed by atoms with E-state index in [4.69, 9.17) is 4.74 Å². The van der Waals surface area contributed by atoms with Crippen LogP contribution in [0.2, 0.25) is 0 Å². The second-order valence-corrected chi connectivity index (χ2v) is 7.92. The summed E-state index contributed by atoms with van der Waals surface area (Å²) in [6.45, 7) is 1.46. The molecule has 0 spiro atoms. The van der Waals surface area contributed by atoms with Crippen LogP contribution in [0.5, 0.6) is 5.75 Å². The monoisotopic (exact) mass is 483 g/mol. The average molecular weight is 483 g/mol. The van der Waals surface area contributed by atoms with Crippen LogP contribution < -0.4 is 10.3 Å². The van der Waals surface area contributed by atoms with Crippen molar-refractivity contribution >= 4 is 16.7 Å². The van der Waals surface area contributed by atoms with Crippen LogP contribution in [0.1, 0.15) is 11.4 Å². The van der Waals surface area contributed by atoms with Crippen LogP contribution in [-0.2, 0) is 12.7 Å². The molecular weight excluding hydrogens is 463 g/mol. The predicted octanol–water partition coefficient (Wildman–Crippen LogP) is 4.03. The molecule has 180 valence electrons. The van der Waals surface area contributed by atoms with Gasteiger partial charge in [0.15, 0.2) is 5.69 Å². The van der Waals surface area contributed by atoms with E-state index in [1.165, 1.54) is 19.2 Å². The van der Waals surface area contributed by atoms with E-state index in [0.29, 0.717) is 22.5 Å². The van der Waals surface area contributed by atoms with Gasteiger partial charge in [0.05, 0.1) is 24.8 Å². The summed E-state index contributed by atoms with van der Waals surface area (Å²) in [6, 6.07) is 13.2. The highest BCUT2D eigenvalue weighted by atomic mass is 19.4. The molecule has 3 aromatic heterocycles. The van der Waals surface area contributed by atoms with E-state index in [1.54, 1.807) is 47.9 Å². The number of imidazole rings is 1. The van der Waals surface area contributed by atoms with Crippen molar-refractivity contribution in [3.63, 3.8) is 0 Å². The number of aryl methyl sites for hydroxylation is 1. The van der Waals surface area contributed by atoms with Gasteiger partial charge in [0.2, 0.25) is 0 Å². The first-order chi connectivity index (χ1) is 16.8. The molecule has 3 heterocycles. The highest BCUT2D eigenvalue weighted by Gasteiger charge is 2.39. The first kappa shape index (κ1) is 22.7. The largest absolute Gasteiger partial charge is 0.494 e. The van der Waals surface area contributed by atoms with Gasteiger partial charge in [-0.1, -0.05) is 36.4 Å². The zero-order valence-electron chi connectivity index (χ0n) is 18.7. The number of aromatic nitrogens is 5. The van der Waals surface area contributed by atoms with Gasteiger partial charge in [0.1, 0.15) is 28.3 Å². The van der Waals surface area contributed by atoms with Gasteiger partial charge in [0.25, 0.3) is 5.56 Å². The van der Waals surface area contributed by atoms with Gasteiger partial charge in [0, 0.05) is 12.2 Å². The Balaban J connectivity index is 1.86. The van der Waals surface area contributed by atoms with E-state index in [-0.39, 0.29) is 41.3 Å². The molecule has 11 heteroatoms. The fourth-order valence-corrected chi connectivity index (χ4v) is 4.33. The summed E-state index contributed by atoms with van der Waals surface area (Å²) in [5, 5.41) is 13.3. The number of hydrogen-bond donors (Lipinski definition) is 2.